The highest BCUT2D eigenvalue weighted by Crippen LogP contribution is 2.35. The van der Waals surface area contributed by atoms with E-state index in [1.807, 2.05) is 31.1 Å². The lowest BCUT2D eigenvalue weighted by atomic mass is 10.1. The summed E-state index contributed by atoms with van der Waals surface area (Å²) in [5.41, 5.74) is 2.65. The Kier molecular flexibility index (Phi) is 6.47. The van der Waals surface area contributed by atoms with Gasteiger partial charge in [0.15, 0.2) is 0 Å². The highest BCUT2D eigenvalue weighted by Gasteiger charge is 2.29. The predicted molar refractivity (Wildman–Crippen MR) is 129 cm³/mol. The Morgan fingerprint density at radius 1 is 1.22 bits per heavy atom. The quantitative estimate of drug-likeness (QED) is 0.507. The van der Waals surface area contributed by atoms with Crippen molar-refractivity contribution < 1.29 is 27.8 Å². The highest BCUT2D eigenvalue weighted by molar-refractivity contribution is 5.82. The van der Waals surface area contributed by atoms with E-state index in [9.17, 15) is 9.59 Å². The Hall–Kier alpha value is -3.75. The lowest BCUT2D eigenvalue weighted by Crippen LogP contribution is -2.47. The summed E-state index contributed by atoms with van der Waals surface area (Å²) >= 11 is 0. The third kappa shape index (κ3) is 4.34. The molecule has 0 aliphatic carbocycles. The molecule has 0 saturated carbocycles. The monoisotopic (exact) mass is 496 g/mol. The fourth-order valence-corrected chi connectivity index (χ4v) is 4.94. The van der Waals surface area contributed by atoms with Gasteiger partial charge in [-0.15, -0.1) is 0 Å². The minimum Gasteiger partial charge on any atom is -0.453 e. The topological polar surface area (TPSA) is 76.9 Å². The number of ether oxygens (including phenoxy) is 2. The first-order valence-electron chi connectivity index (χ1n) is 11.8. The molecule has 1 atom stereocenters. The molecule has 0 spiro atoms. The van der Waals surface area contributed by atoms with Crippen LogP contribution in [0.15, 0.2) is 36.0 Å². The second-order valence-electron chi connectivity index (χ2n) is 9.04. The molecule has 10 heteroatoms. The number of carbonyl (C=O) groups is 1. The van der Waals surface area contributed by atoms with E-state index in [0.717, 1.165) is 5.56 Å². The zero-order valence-corrected chi connectivity index (χ0v) is 20.1. The molecule has 188 valence electrons. The molecule has 36 heavy (non-hydrogen) atoms. The zero-order chi connectivity index (χ0) is 25.4. The normalized spacial score (nSPS) is 18.1. The Balaban J connectivity index is 1.57. The van der Waals surface area contributed by atoms with Gasteiger partial charge in [0, 0.05) is 25.2 Å². The minimum absolute atomic E-state index is 0.128. The molecule has 2 fully saturated rings. The Morgan fingerprint density at radius 2 is 2.00 bits per heavy atom. The van der Waals surface area contributed by atoms with Gasteiger partial charge in [-0.3, -0.25) is 0 Å². The van der Waals surface area contributed by atoms with Crippen molar-refractivity contribution in [3.8, 4) is 11.4 Å². The summed E-state index contributed by atoms with van der Waals surface area (Å²) in [5, 5.41) is 0. The number of rotatable bonds is 4. The maximum Gasteiger partial charge on any atom is 0.409 e. The molecular formula is C26H26F2N4O4. The van der Waals surface area contributed by atoms with Crippen molar-refractivity contribution in [1.82, 2.24) is 14.5 Å². The van der Waals surface area contributed by atoms with E-state index in [4.69, 9.17) is 9.47 Å². The van der Waals surface area contributed by atoms with Crippen LogP contribution in [0.4, 0.5) is 19.3 Å². The third-order valence-electron chi connectivity index (χ3n) is 6.66. The smallest absolute Gasteiger partial charge is 0.409 e. The molecule has 1 unspecified atom stereocenters. The van der Waals surface area contributed by atoms with E-state index in [-0.39, 0.29) is 30.2 Å². The first-order chi connectivity index (χ1) is 17.4. The summed E-state index contributed by atoms with van der Waals surface area (Å²) in [6.07, 6.45) is 0.362. The van der Waals surface area contributed by atoms with Crippen LogP contribution in [0.5, 0.6) is 0 Å². The van der Waals surface area contributed by atoms with Gasteiger partial charge in [0.25, 0.3) is 0 Å². The van der Waals surface area contributed by atoms with Gasteiger partial charge in [0.05, 0.1) is 49.5 Å². The fraction of sp³-hybridized carbons (Fsp3) is 0.385. The standard InChI is InChI=1S/C26H26F2N4O4/c1-16-5-6-23-22(10-16)29-25(32(23)14-19-13-30(8-9-36-19)26(34)35-2)24-20(27)11-18(12-21(24)28)31-7-3-4-17(31)15-33/h5-6,10-12,19H,3-4,7-9,13-14H2,1-2H3. The summed E-state index contributed by atoms with van der Waals surface area (Å²) < 4.78 is 43.5. The van der Waals surface area contributed by atoms with E-state index in [2.05, 4.69) is 4.98 Å². The van der Waals surface area contributed by atoms with Gasteiger partial charge >= 0.3 is 6.09 Å². The number of amides is 1. The first-order valence-corrected chi connectivity index (χ1v) is 11.8. The van der Waals surface area contributed by atoms with Crippen LogP contribution < -0.4 is 4.90 Å². The van der Waals surface area contributed by atoms with Crippen molar-refractivity contribution in [2.45, 2.75) is 32.4 Å². The fourth-order valence-electron chi connectivity index (χ4n) is 4.94. The van der Waals surface area contributed by atoms with Crippen LogP contribution in [0, 0.1) is 18.6 Å². The van der Waals surface area contributed by atoms with Crippen molar-refractivity contribution in [3.05, 3.63) is 53.2 Å². The number of methoxy groups -OCH3 is 1. The number of hydrogen-bond acceptors (Lipinski definition) is 6. The molecule has 3 aromatic rings. The summed E-state index contributed by atoms with van der Waals surface area (Å²) in [6, 6.07) is 8.08. The Labute approximate surface area is 206 Å². The van der Waals surface area contributed by atoms with Crippen molar-refractivity contribution >= 4 is 28.8 Å². The maximum atomic E-state index is 15.5. The first kappa shape index (κ1) is 24.0. The van der Waals surface area contributed by atoms with Crippen molar-refractivity contribution in [2.24, 2.45) is 0 Å². The van der Waals surface area contributed by atoms with Gasteiger partial charge in [-0.05, 0) is 43.2 Å². The van der Waals surface area contributed by atoms with Gasteiger partial charge in [-0.1, -0.05) is 6.07 Å². The number of imidazole rings is 1. The minimum atomic E-state index is -0.781. The third-order valence-corrected chi connectivity index (χ3v) is 6.66. The molecule has 2 aliphatic heterocycles. The summed E-state index contributed by atoms with van der Waals surface area (Å²) in [7, 11) is 1.32. The van der Waals surface area contributed by atoms with Gasteiger partial charge in [-0.2, -0.15) is 0 Å². The van der Waals surface area contributed by atoms with Gasteiger partial charge in [0.2, 0.25) is 0 Å². The van der Waals surface area contributed by atoms with E-state index < -0.39 is 23.8 Å². The molecule has 1 aromatic heterocycles. The molecule has 2 aliphatic rings. The highest BCUT2D eigenvalue weighted by atomic mass is 19.1. The van der Waals surface area contributed by atoms with Crippen LogP contribution in [-0.2, 0) is 20.8 Å². The predicted octanol–water partition coefficient (Wildman–Crippen LogP) is 4.07. The SMILES string of the molecule is COC(=O)N1CCOC(Cn2c(-c3c(F)cc(N4CCCC4=C=O)cc3F)nc3cc(C)ccc32)C1. The molecular weight excluding hydrogens is 470 g/mol. The molecule has 3 heterocycles. The number of benzene rings is 2. The number of aromatic nitrogens is 2. The van der Waals surface area contributed by atoms with Gasteiger partial charge in [0.1, 0.15) is 29.1 Å². The van der Waals surface area contributed by atoms with E-state index in [1.165, 1.54) is 19.2 Å². The Morgan fingerprint density at radius 3 is 2.72 bits per heavy atom. The number of allylic oxidation sites excluding steroid dienone is 1. The molecule has 0 N–H and O–H groups in total. The van der Waals surface area contributed by atoms with Gasteiger partial charge in [-0.25, -0.2) is 23.4 Å². The molecule has 8 nitrogen and oxygen atoms in total. The number of carbonyl (C=O) groups excluding carboxylic acids is 2. The molecule has 2 aromatic carbocycles. The number of halogens is 2. The zero-order valence-electron chi connectivity index (χ0n) is 20.1. The van der Waals surface area contributed by atoms with Crippen LogP contribution in [0.25, 0.3) is 22.4 Å². The van der Waals surface area contributed by atoms with Gasteiger partial charge < -0.3 is 23.8 Å². The number of morpholine rings is 1. The second-order valence-corrected chi connectivity index (χ2v) is 9.04. The number of aryl methyl sites for hydroxylation is 1. The second kappa shape index (κ2) is 9.72. The van der Waals surface area contributed by atoms with E-state index >= 15 is 8.78 Å². The number of anilines is 1. The lowest BCUT2D eigenvalue weighted by molar-refractivity contribution is -0.0310. The van der Waals surface area contributed by atoms with Crippen LogP contribution in [-0.4, -0.2) is 65.9 Å². The van der Waals surface area contributed by atoms with Crippen LogP contribution in [0.3, 0.4) is 0 Å². The lowest BCUT2D eigenvalue weighted by Gasteiger charge is -2.32. The van der Waals surface area contributed by atoms with E-state index in [1.54, 1.807) is 14.4 Å². The van der Waals surface area contributed by atoms with Crippen LogP contribution in [0.2, 0.25) is 0 Å². The number of fused-ring (bicyclic) bond motifs is 1. The number of nitrogens with zero attached hydrogens (tertiary/aromatic N) is 4. The average Bonchev–Trinajstić information content (AvgIpc) is 3.48. The largest absolute Gasteiger partial charge is 0.453 e. The van der Waals surface area contributed by atoms with Crippen molar-refractivity contribution in [2.75, 3.05) is 38.3 Å². The average molecular weight is 497 g/mol. The number of hydrogen-bond donors (Lipinski definition) is 0. The van der Waals surface area contributed by atoms with Crippen molar-refractivity contribution in [3.63, 3.8) is 0 Å². The molecule has 5 rings (SSSR count). The Bertz CT molecular complexity index is 1360. The van der Waals surface area contributed by atoms with Crippen LogP contribution in [0.1, 0.15) is 18.4 Å². The summed E-state index contributed by atoms with van der Waals surface area (Å²) in [6.45, 7) is 3.64. The summed E-state index contributed by atoms with van der Waals surface area (Å²) in [5.74, 6) is 0.437. The molecule has 1 amide bonds. The molecule has 2 saturated heterocycles. The summed E-state index contributed by atoms with van der Waals surface area (Å²) in [4.78, 5) is 31.0. The van der Waals surface area contributed by atoms with Crippen LogP contribution >= 0.6 is 0 Å². The maximum absolute atomic E-state index is 15.5. The van der Waals surface area contributed by atoms with E-state index in [0.29, 0.717) is 49.3 Å². The van der Waals surface area contributed by atoms with Crippen molar-refractivity contribution in [1.29, 1.82) is 0 Å². The molecule has 0 bridgehead atoms. The molecule has 0 radical (unpaired) electrons.